The lowest BCUT2D eigenvalue weighted by Crippen LogP contribution is -2.57. The van der Waals surface area contributed by atoms with Gasteiger partial charge in [0.15, 0.2) is 0 Å². The Hall–Kier alpha value is -4.33. The van der Waals surface area contributed by atoms with Gasteiger partial charge >= 0.3 is 23.7 Å². The molecule has 1 fully saturated rings. The van der Waals surface area contributed by atoms with E-state index in [0.29, 0.717) is 25.8 Å². The van der Waals surface area contributed by atoms with Crippen LogP contribution >= 0.6 is 0 Å². The minimum atomic E-state index is -1.22. The molecular formula is C33H56N8O11. The number of aryl methyl sites for hydroxylation is 1. The maximum atomic E-state index is 13.3. The average Bonchev–Trinajstić information content (AvgIpc) is 3.42. The molecule has 0 spiro atoms. The maximum Gasteiger partial charge on any atom is 0.330 e. The van der Waals surface area contributed by atoms with Crippen molar-refractivity contribution in [2.45, 2.75) is 122 Å². The van der Waals surface area contributed by atoms with Crippen molar-refractivity contribution in [3.63, 3.8) is 0 Å². The van der Waals surface area contributed by atoms with Gasteiger partial charge in [-0.2, -0.15) is 0 Å². The predicted molar refractivity (Wildman–Crippen MR) is 188 cm³/mol. The highest BCUT2D eigenvalue weighted by Crippen LogP contribution is 2.30. The maximum absolute atomic E-state index is 13.3. The molecule has 4 amide bonds. The number of H-pyrrole nitrogens is 1. The number of carboxylic acid groups (broad SMARTS) is 2. The lowest BCUT2D eigenvalue weighted by molar-refractivity contribution is -0.141. The van der Waals surface area contributed by atoms with Crippen LogP contribution < -0.4 is 43.6 Å². The second-order valence-electron chi connectivity index (χ2n) is 13.8. The van der Waals surface area contributed by atoms with Gasteiger partial charge in [0.2, 0.25) is 11.8 Å². The highest BCUT2D eigenvalue weighted by Gasteiger charge is 2.38. The van der Waals surface area contributed by atoms with Crippen molar-refractivity contribution in [3.8, 4) is 0 Å². The summed E-state index contributed by atoms with van der Waals surface area (Å²) in [5.74, 6) is -3.91. The van der Waals surface area contributed by atoms with Gasteiger partial charge in [0, 0.05) is 31.1 Å². The van der Waals surface area contributed by atoms with Crippen molar-refractivity contribution in [1.82, 2.24) is 36.1 Å². The molecule has 1 aromatic heterocycles. The second-order valence-corrected chi connectivity index (χ2v) is 13.8. The van der Waals surface area contributed by atoms with Crippen molar-refractivity contribution in [1.29, 1.82) is 0 Å². The summed E-state index contributed by atoms with van der Waals surface area (Å²) in [5, 5.41) is 43.0. The third kappa shape index (κ3) is 14.0. The van der Waals surface area contributed by atoms with Crippen LogP contribution in [0.15, 0.2) is 15.8 Å². The first kappa shape index (κ1) is 43.8. The van der Waals surface area contributed by atoms with Crippen LogP contribution in [-0.4, -0.2) is 111 Å². The largest absolute Gasteiger partial charge is 0.480 e. The second kappa shape index (κ2) is 21.3. The first-order chi connectivity index (χ1) is 24.4. The van der Waals surface area contributed by atoms with E-state index in [1.165, 1.54) is 13.1 Å². The molecule has 2 heterocycles. The van der Waals surface area contributed by atoms with Crippen LogP contribution in [0.5, 0.6) is 0 Å². The number of hydrogen-bond acceptors (Lipinski definition) is 11. The number of carbonyl (C=O) groups is 5. The molecule has 2 rings (SSSR count). The van der Waals surface area contributed by atoms with E-state index < -0.39 is 89.6 Å². The molecule has 0 bridgehead atoms. The molecule has 0 unspecified atom stereocenters. The van der Waals surface area contributed by atoms with Crippen LogP contribution in [0, 0.1) is 18.8 Å². The summed E-state index contributed by atoms with van der Waals surface area (Å²) in [6.45, 7) is 9.20. The summed E-state index contributed by atoms with van der Waals surface area (Å²) in [4.78, 5) is 88.9. The lowest BCUT2D eigenvalue weighted by Gasteiger charge is -2.25. The summed E-state index contributed by atoms with van der Waals surface area (Å²) in [6.07, 6.45) is 0.223. The van der Waals surface area contributed by atoms with E-state index in [9.17, 15) is 48.9 Å². The Bertz CT molecular complexity index is 1480. The van der Waals surface area contributed by atoms with Crippen LogP contribution in [0.25, 0.3) is 0 Å². The van der Waals surface area contributed by atoms with Gasteiger partial charge in [0.25, 0.3) is 5.56 Å². The number of nitrogens with one attached hydrogen (secondary N) is 6. The predicted octanol–water partition coefficient (Wildman–Crippen LogP) is -1.13. The van der Waals surface area contributed by atoms with Crippen LogP contribution in [0.3, 0.4) is 0 Å². The molecule has 52 heavy (non-hydrogen) atoms. The first-order valence-corrected chi connectivity index (χ1v) is 17.6. The molecule has 7 atom stereocenters. The van der Waals surface area contributed by atoms with Crippen molar-refractivity contribution < 1.29 is 44.0 Å². The van der Waals surface area contributed by atoms with Crippen LogP contribution in [0.2, 0.25) is 0 Å². The molecule has 1 saturated heterocycles. The third-order valence-electron chi connectivity index (χ3n) is 8.60. The quantitative estimate of drug-likeness (QED) is 0.0631. The summed E-state index contributed by atoms with van der Waals surface area (Å²) in [6, 6.07) is -5.15. The van der Waals surface area contributed by atoms with E-state index in [-0.39, 0.29) is 50.3 Å². The topological polar surface area (TPSA) is 296 Å². The summed E-state index contributed by atoms with van der Waals surface area (Å²) in [5.41, 5.74) is 4.61. The number of aliphatic carboxylic acids is 2. The SMILES string of the molecule is Cc1cn([C@H]2C[C@H](O)[C@@H](C[C@H](NCCCNC(=O)[C@H](CC(C)C)NC(=O)[C@H](CCCCN)NC(=O)N[C@H](C(=O)O)C(C)C)C(=O)O)O2)c(=O)[nH]c1=O. The molecule has 19 nitrogen and oxygen atoms in total. The first-order valence-electron chi connectivity index (χ1n) is 17.6. The van der Waals surface area contributed by atoms with Crippen LogP contribution in [0.1, 0.15) is 84.4 Å². The number of carbonyl (C=O) groups excluding carboxylic acids is 3. The Labute approximate surface area is 301 Å². The number of ether oxygens (including phenoxy) is 1. The number of aromatic amines is 1. The van der Waals surface area contributed by atoms with Gasteiger partial charge in [-0.3, -0.25) is 28.7 Å². The number of hydrogen-bond donors (Lipinski definition) is 10. The zero-order valence-electron chi connectivity index (χ0n) is 30.5. The highest BCUT2D eigenvalue weighted by molar-refractivity contribution is 5.92. The van der Waals surface area contributed by atoms with Crippen LogP contribution in [0.4, 0.5) is 4.79 Å². The Morgan fingerprint density at radius 1 is 0.942 bits per heavy atom. The Kier molecular flexibility index (Phi) is 17.9. The number of rotatable bonds is 22. The smallest absolute Gasteiger partial charge is 0.330 e. The number of nitrogens with zero attached hydrogens (tertiary/aromatic N) is 1. The number of urea groups is 1. The van der Waals surface area contributed by atoms with Crippen molar-refractivity contribution in [3.05, 3.63) is 32.6 Å². The van der Waals surface area contributed by atoms with Gasteiger partial charge < -0.3 is 52.4 Å². The molecule has 11 N–H and O–H groups in total. The molecule has 0 aliphatic carbocycles. The number of aromatic nitrogens is 2. The molecular weight excluding hydrogens is 684 g/mol. The van der Waals surface area contributed by atoms with E-state index in [1.807, 2.05) is 13.8 Å². The molecule has 1 aliphatic heterocycles. The molecule has 1 aliphatic rings. The van der Waals surface area contributed by atoms with Gasteiger partial charge in [-0.05, 0) is 64.0 Å². The fraction of sp³-hybridized carbons (Fsp3) is 0.727. The lowest BCUT2D eigenvalue weighted by atomic mass is 10.0. The molecule has 0 radical (unpaired) electrons. The normalized spacial score (nSPS) is 19.4. The molecule has 0 aromatic carbocycles. The third-order valence-corrected chi connectivity index (χ3v) is 8.60. The van der Waals surface area contributed by atoms with E-state index in [4.69, 9.17) is 10.5 Å². The molecule has 0 saturated carbocycles. The van der Waals surface area contributed by atoms with Crippen molar-refractivity contribution in [2.24, 2.45) is 17.6 Å². The monoisotopic (exact) mass is 740 g/mol. The Morgan fingerprint density at radius 3 is 2.23 bits per heavy atom. The fourth-order valence-electron chi connectivity index (χ4n) is 5.69. The van der Waals surface area contributed by atoms with Gasteiger partial charge in [0.1, 0.15) is 30.4 Å². The van der Waals surface area contributed by atoms with E-state index >= 15 is 0 Å². The van der Waals surface area contributed by atoms with Gasteiger partial charge in [0.05, 0.1) is 12.2 Å². The number of amides is 4. The Morgan fingerprint density at radius 2 is 1.63 bits per heavy atom. The number of aliphatic hydroxyl groups is 1. The molecule has 294 valence electrons. The Balaban J connectivity index is 1.95. The molecule has 1 aromatic rings. The fourth-order valence-corrected chi connectivity index (χ4v) is 5.69. The molecule has 19 heteroatoms. The van der Waals surface area contributed by atoms with Gasteiger partial charge in [-0.15, -0.1) is 0 Å². The van der Waals surface area contributed by atoms with E-state index in [0.717, 1.165) is 4.57 Å². The number of unbranched alkanes of at least 4 members (excludes halogenated alkanes) is 1. The summed E-state index contributed by atoms with van der Waals surface area (Å²) < 4.78 is 6.96. The van der Waals surface area contributed by atoms with Gasteiger partial charge in [-0.25, -0.2) is 14.4 Å². The summed E-state index contributed by atoms with van der Waals surface area (Å²) >= 11 is 0. The minimum absolute atomic E-state index is 0.00273. The minimum Gasteiger partial charge on any atom is -0.480 e. The number of carboxylic acids is 2. The zero-order valence-corrected chi connectivity index (χ0v) is 30.5. The zero-order chi connectivity index (χ0) is 39.1. The summed E-state index contributed by atoms with van der Waals surface area (Å²) in [7, 11) is 0. The van der Waals surface area contributed by atoms with Crippen molar-refractivity contribution in [2.75, 3.05) is 19.6 Å². The van der Waals surface area contributed by atoms with Crippen molar-refractivity contribution >= 4 is 29.8 Å². The van der Waals surface area contributed by atoms with E-state index in [2.05, 4.69) is 31.6 Å². The number of nitrogens with two attached hydrogens (primary N) is 1. The number of aliphatic hydroxyl groups excluding tert-OH is 1. The van der Waals surface area contributed by atoms with Crippen LogP contribution in [-0.2, 0) is 23.9 Å². The standard InChI is InChI=1S/C33H56N8O11/c1-17(2)13-21(37-29(45)20(9-6-7-10-34)38-32(50)39-26(18(3)4)31(48)49)28(44)36-12-8-11-35-22(30(46)47)14-24-23(42)15-25(52-24)41-16-19(5)27(43)40-33(41)51/h16-18,20-26,35,42H,6-15,34H2,1-5H3,(H,36,44)(H,37,45)(H,46,47)(H,48,49)(H2,38,39,50)(H,40,43,51)/t20-,21-,22-,23-,24+,25+,26-/m0/s1. The van der Waals surface area contributed by atoms with E-state index in [1.54, 1.807) is 13.8 Å². The van der Waals surface area contributed by atoms with Gasteiger partial charge in [-0.1, -0.05) is 27.7 Å². The highest BCUT2D eigenvalue weighted by atomic mass is 16.5. The average molecular weight is 741 g/mol.